The average Bonchev–Trinajstić information content (AvgIpc) is 2.45. The highest BCUT2D eigenvalue weighted by molar-refractivity contribution is 5.37. The van der Waals surface area contributed by atoms with E-state index in [4.69, 9.17) is 14.7 Å². The summed E-state index contributed by atoms with van der Waals surface area (Å²) < 4.78 is 10.4. The molecular weight excluding hydrogens is 252 g/mol. The quantitative estimate of drug-likeness (QED) is 0.731. The summed E-state index contributed by atoms with van der Waals surface area (Å²) in [7, 11) is 3.43. The Balaban J connectivity index is 2.80. The monoisotopic (exact) mass is 276 g/mol. The van der Waals surface area contributed by atoms with E-state index in [9.17, 15) is 0 Å². The number of rotatable bonds is 8. The summed E-state index contributed by atoms with van der Waals surface area (Å²) in [6.45, 7) is 7.29. The van der Waals surface area contributed by atoms with E-state index in [1.165, 1.54) is 5.56 Å². The maximum atomic E-state index is 8.92. The fourth-order valence-corrected chi connectivity index (χ4v) is 2.17. The number of benzene rings is 1. The first-order valence-electron chi connectivity index (χ1n) is 6.84. The van der Waals surface area contributed by atoms with Crippen LogP contribution in [0, 0.1) is 18.3 Å². The lowest BCUT2D eigenvalue weighted by Crippen LogP contribution is -2.38. The van der Waals surface area contributed by atoms with Gasteiger partial charge in [-0.15, -0.1) is 0 Å². The predicted molar refractivity (Wildman–Crippen MR) is 79.5 cm³/mol. The Bertz CT molecular complexity index is 454. The summed E-state index contributed by atoms with van der Waals surface area (Å²) in [5.41, 5.74) is 3.10. The molecule has 20 heavy (non-hydrogen) atoms. The van der Waals surface area contributed by atoms with Crippen molar-refractivity contribution in [3.63, 3.8) is 0 Å². The third kappa shape index (κ3) is 4.93. The van der Waals surface area contributed by atoms with Crippen LogP contribution in [-0.2, 0) is 16.0 Å². The van der Waals surface area contributed by atoms with Gasteiger partial charge in [0.05, 0.1) is 24.8 Å². The van der Waals surface area contributed by atoms with E-state index in [1.807, 2.05) is 25.1 Å². The van der Waals surface area contributed by atoms with Gasteiger partial charge in [-0.25, -0.2) is 0 Å². The fourth-order valence-electron chi connectivity index (χ4n) is 2.17. The maximum absolute atomic E-state index is 8.92. The van der Waals surface area contributed by atoms with Crippen molar-refractivity contribution in [1.82, 2.24) is 4.90 Å². The second-order valence-electron chi connectivity index (χ2n) is 5.02. The van der Waals surface area contributed by atoms with Crippen LogP contribution in [0.15, 0.2) is 18.2 Å². The standard InChI is InChI=1S/C16H24N2O2/c1-13-9-15(10-17)5-6-16(13)11-18(7-8-19-3)14(2)12-20-4/h5-6,9,14H,7-8,11-12H2,1-4H3. The first-order valence-corrected chi connectivity index (χ1v) is 6.84. The van der Waals surface area contributed by atoms with Crippen molar-refractivity contribution in [3.05, 3.63) is 34.9 Å². The molecule has 0 N–H and O–H groups in total. The van der Waals surface area contributed by atoms with Crippen molar-refractivity contribution in [2.75, 3.05) is 34.0 Å². The van der Waals surface area contributed by atoms with Gasteiger partial charge >= 0.3 is 0 Å². The molecule has 0 saturated heterocycles. The smallest absolute Gasteiger partial charge is 0.0991 e. The summed E-state index contributed by atoms with van der Waals surface area (Å²) in [6.07, 6.45) is 0. The molecule has 1 rings (SSSR count). The average molecular weight is 276 g/mol. The van der Waals surface area contributed by atoms with Gasteiger partial charge in [0.2, 0.25) is 0 Å². The van der Waals surface area contributed by atoms with Crippen molar-refractivity contribution >= 4 is 0 Å². The van der Waals surface area contributed by atoms with Crippen LogP contribution in [0.4, 0.5) is 0 Å². The van der Waals surface area contributed by atoms with Crippen molar-refractivity contribution in [3.8, 4) is 6.07 Å². The molecule has 0 aliphatic carbocycles. The molecule has 4 heteroatoms. The molecule has 0 aliphatic heterocycles. The number of ether oxygens (including phenoxy) is 2. The Morgan fingerprint density at radius 2 is 2.05 bits per heavy atom. The lowest BCUT2D eigenvalue weighted by atomic mass is 10.0. The Morgan fingerprint density at radius 1 is 1.30 bits per heavy atom. The first kappa shape index (κ1) is 16.6. The van der Waals surface area contributed by atoms with Crippen molar-refractivity contribution < 1.29 is 9.47 Å². The Labute approximate surface area is 121 Å². The van der Waals surface area contributed by atoms with Gasteiger partial charge in [-0.05, 0) is 37.1 Å². The minimum absolute atomic E-state index is 0.324. The molecule has 0 aliphatic rings. The summed E-state index contributed by atoms with van der Waals surface area (Å²) in [4.78, 5) is 2.33. The van der Waals surface area contributed by atoms with Gasteiger partial charge in [0, 0.05) is 33.4 Å². The van der Waals surface area contributed by atoms with E-state index in [2.05, 4.69) is 17.9 Å². The second-order valence-corrected chi connectivity index (χ2v) is 5.02. The summed E-state index contributed by atoms with van der Waals surface area (Å²) in [5, 5.41) is 8.92. The number of hydrogen-bond acceptors (Lipinski definition) is 4. The molecule has 0 fully saturated rings. The fraction of sp³-hybridized carbons (Fsp3) is 0.562. The third-order valence-corrected chi connectivity index (χ3v) is 3.46. The van der Waals surface area contributed by atoms with Crippen molar-refractivity contribution in [2.24, 2.45) is 0 Å². The molecule has 1 atom stereocenters. The highest BCUT2D eigenvalue weighted by Crippen LogP contribution is 2.15. The highest BCUT2D eigenvalue weighted by Gasteiger charge is 2.15. The number of methoxy groups -OCH3 is 2. The zero-order valence-electron chi connectivity index (χ0n) is 12.8. The SMILES string of the molecule is COCCN(Cc1ccc(C#N)cc1C)C(C)COC. The van der Waals surface area contributed by atoms with E-state index in [0.717, 1.165) is 18.7 Å². The third-order valence-electron chi connectivity index (χ3n) is 3.46. The molecule has 0 spiro atoms. The molecule has 0 amide bonds. The number of nitrogens with zero attached hydrogens (tertiary/aromatic N) is 2. The Morgan fingerprint density at radius 3 is 2.60 bits per heavy atom. The molecule has 4 nitrogen and oxygen atoms in total. The molecule has 110 valence electrons. The van der Waals surface area contributed by atoms with Crippen LogP contribution >= 0.6 is 0 Å². The second kappa shape index (κ2) is 8.70. The largest absolute Gasteiger partial charge is 0.383 e. The first-order chi connectivity index (χ1) is 9.62. The van der Waals surface area contributed by atoms with Crippen LogP contribution in [0.2, 0.25) is 0 Å². The van der Waals surface area contributed by atoms with Crippen LogP contribution in [0.5, 0.6) is 0 Å². The van der Waals surface area contributed by atoms with Gasteiger partial charge < -0.3 is 9.47 Å². The topological polar surface area (TPSA) is 45.5 Å². The van der Waals surface area contributed by atoms with Gasteiger partial charge in [0.1, 0.15) is 0 Å². The van der Waals surface area contributed by atoms with E-state index in [-0.39, 0.29) is 0 Å². The van der Waals surface area contributed by atoms with Crippen LogP contribution < -0.4 is 0 Å². The predicted octanol–water partition coefficient (Wildman–Crippen LogP) is 2.35. The molecule has 1 aromatic carbocycles. The van der Waals surface area contributed by atoms with Gasteiger partial charge in [-0.1, -0.05) is 6.07 Å². The summed E-state index contributed by atoms with van der Waals surface area (Å²) >= 11 is 0. The molecule has 0 radical (unpaired) electrons. The van der Waals surface area contributed by atoms with E-state index in [1.54, 1.807) is 14.2 Å². The molecule has 0 aromatic heterocycles. The van der Waals surface area contributed by atoms with Crippen LogP contribution in [0.3, 0.4) is 0 Å². The van der Waals surface area contributed by atoms with Gasteiger partial charge in [0.15, 0.2) is 0 Å². The van der Waals surface area contributed by atoms with Gasteiger partial charge in [-0.3, -0.25) is 4.90 Å². The zero-order chi connectivity index (χ0) is 15.0. The van der Waals surface area contributed by atoms with E-state index >= 15 is 0 Å². The minimum Gasteiger partial charge on any atom is -0.383 e. The molecule has 0 saturated carbocycles. The lowest BCUT2D eigenvalue weighted by Gasteiger charge is -2.29. The normalized spacial score (nSPS) is 12.4. The zero-order valence-corrected chi connectivity index (χ0v) is 12.8. The molecule has 1 aromatic rings. The minimum atomic E-state index is 0.324. The maximum Gasteiger partial charge on any atom is 0.0991 e. The molecule has 0 bridgehead atoms. The van der Waals surface area contributed by atoms with Crippen LogP contribution in [0.1, 0.15) is 23.6 Å². The van der Waals surface area contributed by atoms with Gasteiger partial charge in [0.25, 0.3) is 0 Å². The van der Waals surface area contributed by atoms with Crippen molar-refractivity contribution in [2.45, 2.75) is 26.4 Å². The Kier molecular flexibility index (Phi) is 7.24. The van der Waals surface area contributed by atoms with Crippen molar-refractivity contribution in [1.29, 1.82) is 5.26 Å². The van der Waals surface area contributed by atoms with Crippen LogP contribution in [-0.4, -0.2) is 44.9 Å². The number of hydrogen-bond donors (Lipinski definition) is 0. The number of nitriles is 1. The highest BCUT2D eigenvalue weighted by atomic mass is 16.5. The van der Waals surface area contributed by atoms with Crippen LogP contribution in [0.25, 0.3) is 0 Å². The van der Waals surface area contributed by atoms with E-state index in [0.29, 0.717) is 24.8 Å². The van der Waals surface area contributed by atoms with E-state index < -0.39 is 0 Å². The number of aryl methyl sites for hydroxylation is 1. The summed E-state index contributed by atoms with van der Waals surface area (Å²) in [6, 6.07) is 8.34. The molecular formula is C16H24N2O2. The summed E-state index contributed by atoms with van der Waals surface area (Å²) in [5.74, 6) is 0. The Hall–Kier alpha value is -1.41. The molecule has 0 heterocycles. The molecule has 1 unspecified atom stereocenters. The lowest BCUT2D eigenvalue weighted by molar-refractivity contribution is 0.0704. The van der Waals surface area contributed by atoms with Gasteiger partial charge in [-0.2, -0.15) is 5.26 Å².